The van der Waals surface area contributed by atoms with Crippen LogP contribution in [0.4, 0.5) is 5.69 Å². The van der Waals surface area contributed by atoms with E-state index in [1.807, 2.05) is 36.1 Å². The molecular formula is C17H26N2O2. The van der Waals surface area contributed by atoms with Crippen molar-refractivity contribution < 1.29 is 9.90 Å². The maximum absolute atomic E-state index is 12.5. The second-order valence-corrected chi connectivity index (χ2v) is 6.01. The summed E-state index contributed by atoms with van der Waals surface area (Å²) in [7, 11) is 0. The molecule has 0 aliphatic carbocycles. The second kappa shape index (κ2) is 6.48. The van der Waals surface area contributed by atoms with Crippen LogP contribution in [0.3, 0.4) is 0 Å². The summed E-state index contributed by atoms with van der Waals surface area (Å²) >= 11 is 0. The summed E-state index contributed by atoms with van der Waals surface area (Å²) < 4.78 is 0. The molecule has 1 amide bonds. The van der Waals surface area contributed by atoms with E-state index in [2.05, 4.69) is 18.7 Å². The number of benzene rings is 1. The number of carbonyl (C=O) groups is 1. The zero-order valence-electron chi connectivity index (χ0n) is 13.3. The lowest BCUT2D eigenvalue weighted by atomic mass is 9.93. The molecule has 116 valence electrons. The largest absolute Gasteiger partial charge is 0.390 e. The van der Waals surface area contributed by atoms with E-state index in [-0.39, 0.29) is 5.91 Å². The van der Waals surface area contributed by atoms with Crippen molar-refractivity contribution in [2.24, 2.45) is 0 Å². The molecule has 0 unspecified atom stereocenters. The number of hydrogen-bond acceptors (Lipinski definition) is 3. The highest BCUT2D eigenvalue weighted by Crippen LogP contribution is 2.23. The maximum atomic E-state index is 12.5. The Balaban J connectivity index is 2.03. The van der Waals surface area contributed by atoms with Crippen molar-refractivity contribution in [1.82, 2.24) is 4.90 Å². The van der Waals surface area contributed by atoms with Gasteiger partial charge >= 0.3 is 0 Å². The highest BCUT2D eigenvalue weighted by Gasteiger charge is 2.29. The summed E-state index contributed by atoms with van der Waals surface area (Å²) in [6, 6.07) is 7.84. The SMILES string of the molecule is CCN(CC)c1ccc(C(=O)N2CCC(C)(O)CC2)cc1. The third-order valence-corrected chi connectivity index (χ3v) is 4.37. The molecule has 0 spiro atoms. The summed E-state index contributed by atoms with van der Waals surface area (Å²) in [5.74, 6) is 0.0663. The predicted octanol–water partition coefficient (Wildman–Crippen LogP) is 2.52. The molecule has 0 bridgehead atoms. The van der Waals surface area contributed by atoms with Crippen LogP contribution in [0, 0.1) is 0 Å². The van der Waals surface area contributed by atoms with E-state index in [9.17, 15) is 9.90 Å². The van der Waals surface area contributed by atoms with E-state index in [0.717, 1.165) is 24.3 Å². The first-order valence-corrected chi connectivity index (χ1v) is 7.83. The highest BCUT2D eigenvalue weighted by atomic mass is 16.3. The van der Waals surface area contributed by atoms with Gasteiger partial charge in [0.05, 0.1) is 5.60 Å². The Bertz CT molecular complexity index is 468. The average Bonchev–Trinajstić information content (AvgIpc) is 2.48. The summed E-state index contributed by atoms with van der Waals surface area (Å²) in [5, 5.41) is 9.95. The van der Waals surface area contributed by atoms with Crippen LogP contribution in [-0.2, 0) is 0 Å². The van der Waals surface area contributed by atoms with Gasteiger partial charge in [-0.2, -0.15) is 0 Å². The molecule has 1 N–H and O–H groups in total. The van der Waals surface area contributed by atoms with Crippen LogP contribution in [-0.4, -0.2) is 47.7 Å². The van der Waals surface area contributed by atoms with Gasteiger partial charge < -0.3 is 14.9 Å². The molecule has 0 saturated carbocycles. The van der Waals surface area contributed by atoms with Crippen LogP contribution in [0.25, 0.3) is 0 Å². The number of anilines is 1. The molecular weight excluding hydrogens is 264 g/mol. The van der Waals surface area contributed by atoms with Crippen LogP contribution < -0.4 is 4.90 Å². The number of rotatable bonds is 4. The minimum absolute atomic E-state index is 0.0663. The fourth-order valence-electron chi connectivity index (χ4n) is 2.78. The zero-order valence-corrected chi connectivity index (χ0v) is 13.3. The van der Waals surface area contributed by atoms with Crippen LogP contribution in [0.1, 0.15) is 44.0 Å². The maximum Gasteiger partial charge on any atom is 0.253 e. The molecule has 0 atom stereocenters. The normalized spacial score (nSPS) is 17.6. The van der Waals surface area contributed by atoms with E-state index in [0.29, 0.717) is 25.9 Å². The van der Waals surface area contributed by atoms with Gasteiger partial charge in [0.15, 0.2) is 0 Å². The summed E-state index contributed by atoms with van der Waals surface area (Å²) in [6.45, 7) is 9.28. The van der Waals surface area contributed by atoms with Gasteiger partial charge in [-0.15, -0.1) is 0 Å². The molecule has 1 aliphatic heterocycles. The van der Waals surface area contributed by atoms with E-state index in [1.54, 1.807) is 0 Å². The molecule has 4 nitrogen and oxygen atoms in total. The molecule has 0 aromatic heterocycles. The Morgan fingerprint density at radius 2 is 1.71 bits per heavy atom. The lowest BCUT2D eigenvalue weighted by Gasteiger charge is -2.35. The van der Waals surface area contributed by atoms with Gasteiger partial charge in [-0.25, -0.2) is 0 Å². The van der Waals surface area contributed by atoms with Crippen molar-refractivity contribution in [1.29, 1.82) is 0 Å². The molecule has 1 aromatic rings. The third kappa shape index (κ3) is 3.76. The fourth-order valence-corrected chi connectivity index (χ4v) is 2.78. The molecule has 0 radical (unpaired) electrons. The number of carbonyl (C=O) groups excluding carboxylic acids is 1. The van der Waals surface area contributed by atoms with Crippen LogP contribution in [0.15, 0.2) is 24.3 Å². The number of hydrogen-bond donors (Lipinski definition) is 1. The number of amides is 1. The minimum atomic E-state index is -0.622. The lowest BCUT2D eigenvalue weighted by Crippen LogP contribution is -2.45. The smallest absolute Gasteiger partial charge is 0.253 e. The Hall–Kier alpha value is -1.55. The van der Waals surface area contributed by atoms with Crippen molar-refractivity contribution >= 4 is 11.6 Å². The standard InChI is InChI=1S/C17H26N2O2/c1-4-18(5-2)15-8-6-14(7-9-15)16(20)19-12-10-17(3,21)11-13-19/h6-9,21H,4-5,10-13H2,1-3H3. The average molecular weight is 290 g/mol. The molecule has 1 heterocycles. The van der Waals surface area contributed by atoms with Gasteiger partial charge in [0.2, 0.25) is 0 Å². The first kappa shape index (κ1) is 15.8. The van der Waals surface area contributed by atoms with Crippen molar-refractivity contribution in [2.45, 2.75) is 39.2 Å². The van der Waals surface area contributed by atoms with Gasteiger partial charge in [-0.1, -0.05) is 0 Å². The van der Waals surface area contributed by atoms with Crippen molar-refractivity contribution in [2.75, 3.05) is 31.1 Å². The quantitative estimate of drug-likeness (QED) is 0.926. The van der Waals surface area contributed by atoms with E-state index in [4.69, 9.17) is 0 Å². The van der Waals surface area contributed by atoms with Gasteiger partial charge in [0.1, 0.15) is 0 Å². The number of likely N-dealkylation sites (tertiary alicyclic amines) is 1. The Labute approximate surface area is 127 Å². The number of piperidine rings is 1. The van der Waals surface area contributed by atoms with Crippen molar-refractivity contribution in [3.8, 4) is 0 Å². The van der Waals surface area contributed by atoms with Gasteiger partial charge in [-0.3, -0.25) is 4.79 Å². The minimum Gasteiger partial charge on any atom is -0.390 e. The number of aliphatic hydroxyl groups is 1. The molecule has 1 aliphatic rings. The van der Waals surface area contributed by atoms with Crippen LogP contribution in [0.2, 0.25) is 0 Å². The first-order valence-electron chi connectivity index (χ1n) is 7.83. The fraction of sp³-hybridized carbons (Fsp3) is 0.588. The highest BCUT2D eigenvalue weighted by molar-refractivity contribution is 5.94. The summed E-state index contributed by atoms with van der Waals surface area (Å²) in [5.41, 5.74) is 1.26. The van der Waals surface area contributed by atoms with Crippen molar-refractivity contribution in [3.05, 3.63) is 29.8 Å². The summed E-state index contributed by atoms with van der Waals surface area (Å²) in [4.78, 5) is 16.6. The molecule has 21 heavy (non-hydrogen) atoms. The van der Waals surface area contributed by atoms with Gasteiger partial charge in [-0.05, 0) is 57.9 Å². The predicted molar refractivity (Wildman–Crippen MR) is 85.8 cm³/mol. The second-order valence-electron chi connectivity index (χ2n) is 6.01. The van der Waals surface area contributed by atoms with E-state index >= 15 is 0 Å². The molecule has 4 heteroatoms. The Morgan fingerprint density at radius 1 is 1.19 bits per heavy atom. The molecule has 1 aromatic carbocycles. The molecule has 1 saturated heterocycles. The zero-order chi connectivity index (χ0) is 15.5. The topological polar surface area (TPSA) is 43.8 Å². The monoisotopic (exact) mass is 290 g/mol. The van der Waals surface area contributed by atoms with E-state index < -0.39 is 5.60 Å². The lowest BCUT2D eigenvalue weighted by molar-refractivity contribution is -0.00202. The first-order chi connectivity index (χ1) is 9.96. The number of nitrogens with zero attached hydrogens (tertiary/aromatic N) is 2. The van der Waals surface area contributed by atoms with Crippen LogP contribution in [0.5, 0.6) is 0 Å². The molecule has 1 fully saturated rings. The third-order valence-electron chi connectivity index (χ3n) is 4.37. The van der Waals surface area contributed by atoms with Gasteiger partial charge in [0.25, 0.3) is 5.91 Å². The summed E-state index contributed by atoms with van der Waals surface area (Å²) in [6.07, 6.45) is 1.30. The van der Waals surface area contributed by atoms with Crippen molar-refractivity contribution in [3.63, 3.8) is 0 Å². The molecule has 2 rings (SSSR count). The van der Waals surface area contributed by atoms with Crippen LogP contribution >= 0.6 is 0 Å². The Morgan fingerprint density at radius 3 is 2.19 bits per heavy atom. The van der Waals surface area contributed by atoms with E-state index in [1.165, 1.54) is 0 Å². The van der Waals surface area contributed by atoms with Gasteiger partial charge in [0, 0.05) is 37.4 Å². The Kier molecular flexibility index (Phi) is 4.88.